The zero-order chi connectivity index (χ0) is 22.8. The fourth-order valence-corrected chi connectivity index (χ4v) is 4.80. The van der Waals surface area contributed by atoms with Gasteiger partial charge in [0.25, 0.3) is 0 Å². The lowest BCUT2D eigenvalue weighted by molar-refractivity contribution is 0.251. The molecule has 1 fully saturated rings. The molecule has 1 aliphatic carbocycles. The quantitative estimate of drug-likeness (QED) is 0.312. The number of benzene rings is 1. The van der Waals surface area contributed by atoms with Gasteiger partial charge in [-0.3, -0.25) is 0 Å². The van der Waals surface area contributed by atoms with Crippen molar-refractivity contribution in [2.24, 2.45) is 11.8 Å². The minimum absolute atomic E-state index is 0.147. The van der Waals surface area contributed by atoms with Crippen LogP contribution in [-0.4, -0.2) is 16.8 Å². The summed E-state index contributed by atoms with van der Waals surface area (Å²) in [5.74, 6) is 0.322. The van der Waals surface area contributed by atoms with E-state index >= 15 is 0 Å². The van der Waals surface area contributed by atoms with Crippen molar-refractivity contribution in [3.8, 4) is 17.1 Å². The first-order chi connectivity index (χ1) is 15.6. The van der Waals surface area contributed by atoms with Crippen LogP contribution in [0.2, 0.25) is 0 Å². The van der Waals surface area contributed by atoms with E-state index in [1.807, 2.05) is 0 Å². The predicted molar refractivity (Wildman–Crippen MR) is 126 cm³/mol. The minimum atomic E-state index is -0.836. The molecule has 0 atom stereocenters. The molecule has 2 aromatic rings. The van der Waals surface area contributed by atoms with E-state index in [4.69, 9.17) is 4.74 Å². The van der Waals surface area contributed by atoms with Crippen LogP contribution in [0.4, 0.5) is 8.78 Å². The maximum atomic E-state index is 14.8. The van der Waals surface area contributed by atoms with Crippen molar-refractivity contribution in [2.75, 3.05) is 6.61 Å². The molecule has 32 heavy (non-hydrogen) atoms. The number of hydrogen-bond donors (Lipinski definition) is 0. The summed E-state index contributed by atoms with van der Waals surface area (Å²) in [5.41, 5.74) is 0.927. The van der Waals surface area contributed by atoms with Gasteiger partial charge in [0.05, 0.1) is 12.3 Å². The van der Waals surface area contributed by atoms with Crippen molar-refractivity contribution in [2.45, 2.75) is 90.9 Å². The normalized spacial score (nSPS) is 18.6. The summed E-state index contributed by atoms with van der Waals surface area (Å²) in [7, 11) is 0. The van der Waals surface area contributed by atoms with Gasteiger partial charge in [0.15, 0.2) is 11.6 Å². The lowest BCUT2D eigenvalue weighted by Gasteiger charge is -2.28. The second-order valence-electron chi connectivity index (χ2n) is 9.28. The van der Waals surface area contributed by atoms with Crippen molar-refractivity contribution in [1.29, 1.82) is 0 Å². The van der Waals surface area contributed by atoms with Crippen LogP contribution in [0, 0.1) is 23.5 Å². The molecular formula is C27H38F2N2O. The van der Waals surface area contributed by atoms with Gasteiger partial charge in [0, 0.05) is 11.6 Å². The Morgan fingerprint density at radius 1 is 0.812 bits per heavy atom. The summed E-state index contributed by atoms with van der Waals surface area (Å²) in [5, 5.41) is 8.08. The van der Waals surface area contributed by atoms with E-state index in [0.717, 1.165) is 25.2 Å². The Balaban J connectivity index is 1.54. The fourth-order valence-electron chi connectivity index (χ4n) is 4.80. The number of aromatic nitrogens is 2. The van der Waals surface area contributed by atoms with Crippen molar-refractivity contribution in [1.82, 2.24) is 10.2 Å². The lowest BCUT2D eigenvalue weighted by atomic mass is 9.78. The van der Waals surface area contributed by atoms with Gasteiger partial charge in [0.1, 0.15) is 0 Å². The average molecular weight is 445 g/mol. The van der Waals surface area contributed by atoms with Crippen LogP contribution in [0.5, 0.6) is 5.88 Å². The van der Waals surface area contributed by atoms with Crippen molar-refractivity contribution < 1.29 is 13.5 Å². The molecule has 0 saturated heterocycles. The van der Waals surface area contributed by atoms with Gasteiger partial charge < -0.3 is 4.74 Å². The molecule has 5 heteroatoms. The summed E-state index contributed by atoms with van der Waals surface area (Å²) < 4.78 is 35.1. The molecule has 1 aliphatic rings. The molecule has 3 nitrogen and oxygen atoms in total. The number of aryl methyl sites for hydroxylation is 1. The minimum Gasteiger partial charge on any atom is -0.477 e. The maximum Gasteiger partial charge on any atom is 0.233 e. The third-order valence-electron chi connectivity index (χ3n) is 6.81. The first kappa shape index (κ1) is 24.6. The molecule has 0 spiro atoms. The Kier molecular flexibility index (Phi) is 9.89. The highest BCUT2D eigenvalue weighted by molar-refractivity contribution is 5.60. The Hall–Kier alpha value is -2.04. The molecule has 0 bridgehead atoms. The highest BCUT2D eigenvalue weighted by Crippen LogP contribution is 2.34. The number of halogens is 2. The first-order valence-corrected chi connectivity index (χ1v) is 12.6. The molecule has 176 valence electrons. The Labute approximate surface area is 192 Å². The van der Waals surface area contributed by atoms with Gasteiger partial charge in [0.2, 0.25) is 5.88 Å². The SMILES string of the molecule is CCCCCCOc1ccc(-c2ccc(CCC3CCC(CCC)CC3)c(F)c2F)nn1. The first-order valence-electron chi connectivity index (χ1n) is 12.6. The number of rotatable bonds is 12. The van der Waals surface area contributed by atoms with Crippen LogP contribution < -0.4 is 4.74 Å². The molecular weight excluding hydrogens is 406 g/mol. The average Bonchev–Trinajstić information content (AvgIpc) is 2.82. The van der Waals surface area contributed by atoms with Crippen LogP contribution in [-0.2, 0) is 6.42 Å². The van der Waals surface area contributed by atoms with E-state index in [-0.39, 0.29) is 5.56 Å². The van der Waals surface area contributed by atoms with Crippen molar-refractivity contribution in [3.05, 3.63) is 41.5 Å². The Morgan fingerprint density at radius 2 is 1.56 bits per heavy atom. The topological polar surface area (TPSA) is 35.0 Å². The molecule has 1 aromatic carbocycles. The Bertz CT molecular complexity index is 817. The molecule has 3 rings (SSSR count). The smallest absolute Gasteiger partial charge is 0.233 e. The van der Waals surface area contributed by atoms with Crippen LogP contribution in [0.3, 0.4) is 0 Å². The highest BCUT2D eigenvalue weighted by atomic mass is 19.2. The highest BCUT2D eigenvalue weighted by Gasteiger charge is 2.22. The monoisotopic (exact) mass is 444 g/mol. The second-order valence-corrected chi connectivity index (χ2v) is 9.28. The lowest BCUT2D eigenvalue weighted by Crippen LogP contribution is -2.15. The second kappa shape index (κ2) is 12.9. The number of nitrogens with zero attached hydrogens (tertiary/aromatic N) is 2. The van der Waals surface area contributed by atoms with Crippen molar-refractivity contribution >= 4 is 0 Å². The van der Waals surface area contributed by atoms with Crippen LogP contribution in [0.1, 0.15) is 90.0 Å². The van der Waals surface area contributed by atoms with Crippen LogP contribution in [0.25, 0.3) is 11.3 Å². The van der Waals surface area contributed by atoms with Gasteiger partial charge >= 0.3 is 0 Å². The number of unbranched alkanes of at least 4 members (excludes halogenated alkanes) is 3. The summed E-state index contributed by atoms with van der Waals surface area (Å²) >= 11 is 0. The van der Waals surface area contributed by atoms with Crippen molar-refractivity contribution in [3.63, 3.8) is 0 Å². The van der Waals surface area contributed by atoms with Gasteiger partial charge in [-0.15, -0.1) is 10.2 Å². The molecule has 0 radical (unpaired) electrons. The summed E-state index contributed by atoms with van der Waals surface area (Å²) in [4.78, 5) is 0. The molecule has 1 aromatic heterocycles. The van der Waals surface area contributed by atoms with Gasteiger partial charge in [-0.05, 0) is 48.8 Å². The predicted octanol–water partition coefficient (Wildman–Crippen LogP) is 7.92. The zero-order valence-corrected chi connectivity index (χ0v) is 19.7. The number of ether oxygens (including phenoxy) is 1. The number of hydrogen-bond acceptors (Lipinski definition) is 3. The van der Waals surface area contributed by atoms with E-state index < -0.39 is 11.6 Å². The van der Waals surface area contributed by atoms with Gasteiger partial charge in [-0.2, -0.15) is 0 Å². The van der Waals surface area contributed by atoms with Crippen LogP contribution >= 0.6 is 0 Å². The van der Waals surface area contributed by atoms with E-state index in [1.54, 1.807) is 24.3 Å². The van der Waals surface area contributed by atoms with E-state index in [0.29, 0.717) is 36.1 Å². The summed E-state index contributed by atoms with van der Waals surface area (Å²) in [6.07, 6.45) is 13.6. The van der Waals surface area contributed by atoms with Gasteiger partial charge in [-0.1, -0.05) is 77.7 Å². The Morgan fingerprint density at radius 3 is 2.22 bits per heavy atom. The molecule has 0 amide bonds. The van der Waals surface area contributed by atoms with E-state index in [9.17, 15) is 8.78 Å². The molecule has 0 aliphatic heterocycles. The van der Waals surface area contributed by atoms with E-state index in [2.05, 4.69) is 24.0 Å². The molecule has 0 N–H and O–H groups in total. The summed E-state index contributed by atoms with van der Waals surface area (Å²) in [6.45, 7) is 5.00. The maximum absolute atomic E-state index is 14.8. The summed E-state index contributed by atoms with van der Waals surface area (Å²) in [6, 6.07) is 6.64. The van der Waals surface area contributed by atoms with Gasteiger partial charge in [-0.25, -0.2) is 8.78 Å². The standard InChI is InChI=1S/C27H38F2N2O/c1-3-5-6-7-19-32-25-18-17-24(30-31-25)23-16-15-22(26(28)27(23)29)14-13-21-11-9-20(8-4-2)10-12-21/h15-18,20-21H,3-14,19H2,1-2H3. The fraction of sp³-hybridized carbons (Fsp3) is 0.630. The largest absolute Gasteiger partial charge is 0.477 e. The zero-order valence-electron chi connectivity index (χ0n) is 19.7. The third-order valence-corrected chi connectivity index (χ3v) is 6.81. The van der Waals surface area contributed by atoms with Crippen LogP contribution in [0.15, 0.2) is 24.3 Å². The molecule has 1 heterocycles. The third kappa shape index (κ3) is 6.98. The molecule has 0 unspecified atom stereocenters. The van der Waals surface area contributed by atoms with E-state index in [1.165, 1.54) is 51.4 Å². The molecule has 1 saturated carbocycles.